The SMILES string of the molecule is O=C(C1C[C@H]2CNC(N3N=CCC3c3cc(F)cc(F)c3)[C@H]2C1)C1C[C@H]2CNC(N3N=CCC3c3cc(F)cc(F)c3)[C@H]2C1.O=C(O)C(F)(F)F. The lowest BCUT2D eigenvalue weighted by molar-refractivity contribution is -0.192. The van der Waals surface area contributed by atoms with Gasteiger partial charge in [0.25, 0.3) is 0 Å². The first-order valence-corrected chi connectivity index (χ1v) is 17.1. The number of halogens is 7. The topological polar surface area (TPSA) is 110 Å². The van der Waals surface area contributed by atoms with Gasteiger partial charge in [0, 0.05) is 62.3 Å². The molecular weight excluding hydrogens is 685 g/mol. The Kier molecular flexibility index (Phi) is 9.58. The summed E-state index contributed by atoms with van der Waals surface area (Å²) in [6, 6.07) is 6.82. The first-order valence-electron chi connectivity index (χ1n) is 17.1. The van der Waals surface area contributed by atoms with E-state index in [0.29, 0.717) is 41.6 Å². The zero-order chi connectivity index (χ0) is 36.2. The predicted octanol–water partition coefficient (Wildman–Crippen LogP) is 5.75. The summed E-state index contributed by atoms with van der Waals surface area (Å²) in [6.07, 6.45) is 2.80. The van der Waals surface area contributed by atoms with Crippen molar-refractivity contribution in [2.75, 3.05) is 13.1 Å². The van der Waals surface area contributed by atoms with Crippen LogP contribution in [0.4, 0.5) is 30.7 Å². The quantitative estimate of drug-likeness (QED) is 0.326. The number of benzene rings is 2. The molecule has 10 atom stereocenters. The molecule has 2 saturated carbocycles. The maximum atomic E-state index is 14.0. The maximum absolute atomic E-state index is 14.0. The van der Waals surface area contributed by atoms with Crippen molar-refractivity contribution in [1.29, 1.82) is 0 Å². The Morgan fingerprint density at radius 2 is 1.04 bits per heavy atom. The molecule has 16 heteroatoms. The zero-order valence-corrected chi connectivity index (χ0v) is 27.2. The average Bonchev–Trinajstić information content (AvgIpc) is 3.89. The van der Waals surface area contributed by atoms with Crippen LogP contribution in [-0.4, -0.2) is 70.9 Å². The van der Waals surface area contributed by atoms with Crippen LogP contribution in [0.1, 0.15) is 61.7 Å². The van der Waals surface area contributed by atoms with E-state index in [2.05, 4.69) is 20.8 Å². The summed E-state index contributed by atoms with van der Waals surface area (Å²) in [6.45, 7) is 1.60. The van der Waals surface area contributed by atoms with Gasteiger partial charge in [0.1, 0.15) is 41.4 Å². The molecule has 0 aromatic heterocycles. The fourth-order valence-electron chi connectivity index (χ4n) is 9.29. The normalized spacial score (nSPS) is 33.8. The van der Waals surface area contributed by atoms with Gasteiger partial charge in [0.05, 0.1) is 12.1 Å². The van der Waals surface area contributed by atoms with Crippen molar-refractivity contribution in [2.24, 2.45) is 45.7 Å². The van der Waals surface area contributed by atoms with Gasteiger partial charge in [-0.2, -0.15) is 23.4 Å². The van der Waals surface area contributed by atoms with E-state index in [0.717, 1.165) is 50.9 Å². The first-order chi connectivity index (χ1) is 24.3. The summed E-state index contributed by atoms with van der Waals surface area (Å²) in [5.41, 5.74) is 1.15. The molecule has 274 valence electrons. The smallest absolute Gasteiger partial charge is 0.475 e. The van der Waals surface area contributed by atoms with Crippen molar-refractivity contribution in [1.82, 2.24) is 20.7 Å². The van der Waals surface area contributed by atoms with Gasteiger partial charge < -0.3 is 5.11 Å². The Morgan fingerprint density at radius 1 is 0.667 bits per heavy atom. The molecule has 0 bridgehead atoms. The van der Waals surface area contributed by atoms with Crippen LogP contribution in [0.2, 0.25) is 0 Å². The van der Waals surface area contributed by atoms with Crippen LogP contribution in [0.5, 0.6) is 0 Å². The molecule has 3 N–H and O–H groups in total. The maximum Gasteiger partial charge on any atom is 0.490 e. The van der Waals surface area contributed by atoms with E-state index in [1.54, 1.807) is 0 Å². The number of alkyl halides is 3. The number of carboxylic acids is 1. The lowest BCUT2D eigenvalue weighted by Gasteiger charge is -2.34. The van der Waals surface area contributed by atoms with Gasteiger partial charge in [0.15, 0.2) is 0 Å². The number of hydrogen-bond acceptors (Lipinski definition) is 8. The van der Waals surface area contributed by atoms with Crippen molar-refractivity contribution < 1.29 is 45.4 Å². The van der Waals surface area contributed by atoms with Crippen LogP contribution < -0.4 is 10.6 Å². The monoisotopic (exact) mass is 722 g/mol. The van der Waals surface area contributed by atoms with E-state index >= 15 is 0 Å². The third-order valence-electron chi connectivity index (χ3n) is 11.4. The van der Waals surface area contributed by atoms with E-state index in [4.69, 9.17) is 9.90 Å². The number of rotatable bonds is 6. The second-order valence-corrected chi connectivity index (χ2v) is 14.4. The van der Waals surface area contributed by atoms with Crippen molar-refractivity contribution in [3.8, 4) is 0 Å². The second kappa shape index (κ2) is 13.8. The number of fused-ring (bicyclic) bond motifs is 2. The molecule has 0 radical (unpaired) electrons. The van der Waals surface area contributed by atoms with Crippen molar-refractivity contribution >= 4 is 24.2 Å². The fourth-order valence-corrected chi connectivity index (χ4v) is 9.29. The standard InChI is InChI=1S/C33H36F4N6O.C2HF3O2/c34-23-7-17(8-24(35)13-23)29-1-3-40-42(29)32-27-11-19(5-21(27)15-38-32)31(44)20-6-22-16-39-33(28(22)12-20)43-30(2-4-41-43)18-9-25(36)14-26(37)10-18;3-2(4,5)1(6)7/h3-4,7-10,13-14,19-22,27-30,32-33,38-39H,1-2,5-6,11-12,15-16H2;(H,6,7)/t19?,20?,21-,22-,27-,28-,29?,30?,32?,33?;/m0./s1. The van der Waals surface area contributed by atoms with Crippen LogP contribution in [0, 0.1) is 58.8 Å². The first kappa shape index (κ1) is 35.4. The van der Waals surface area contributed by atoms with E-state index in [9.17, 15) is 35.5 Å². The molecule has 8 rings (SSSR count). The van der Waals surface area contributed by atoms with Crippen LogP contribution in [0.25, 0.3) is 0 Å². The number of nitrogens with one attached hydrogen (secondary N) is 2. The molecular formula is C35H37F7N6O3. The minimum Gasteiger partial charge on any atom is -0.475 e. The number of carboxylic acid groups (broad SMARTS) is 1. The van der Waals surface area contributed by atoms with Crippen LogP contribution in [0.15, 0.2) is 46.6 Å². The van der Waals surface area contributed by atoms with Gasteiger partial charge >= 0.3 is 12.1 Å². The van der Waals surface area contributed by atoms with Gasteiger partial charge in [-0.25, -0.2) is 22.4 Å². The second-order valence-electron chi connectivity index (χ2n) is 14.4. The Morgan fingerprint density at radius 3 is 1.39 bits per heavy atom. The van der Waals surface area contributed by atoms with Gasteiger partial charge in [0.2, 0.25) is 0 Å². The van der Waals surface area contributed by atoms with Crippen molar-refractivity contribution in [3.05, 3.63) is 70.8 Å². The largest absolute Gasteiger partial charge is 0.490 e. The minimum absolute atomic E-state index is 0.00527. The molecule has 2 aromatic carbocycles. The molecule has 4 heterocycles. The molecule has 2 saturated heterocycles. The van der Waals surface area contributed by atoms with Crippen LogP contribution in [0.3, 0.4) is 0 Å². The number of ketones is 1. The highest BCUT2D eigenvalue weighted by atomic mass is 19.4. The average molecular weight is 723 g/mol. The van der Waals surface area contributed by atoms with Crippen molar-refractivity contribution in [2.45, 2.75) is 69.1 Å². The Hall–Kier alpha value is -4.05. The molecule has 0 spiro atoms. The number of nitrogens with zero attached hydrogens (tertiary/aromatic N) is 4. The van der Waals surface area contributed by atoms with E-state index in [-0.39, 0.29) is 48.1 Å². The van der Waals surface area contributed by atoms with Crippen LogP contribution >= 0.6 is 0 Å². The Labute approximate surface area is 288 Å². The third kappa shape index (κ3) is 7.08. The summed E-state index contributed by atoms with van der Waals surface area (Å²) in [4.78, 5) is 22.9. The molecule has 2 aromatic rings. The summed E-state index contributed by atoms with van der Waals surface area (Å²) in [5, 5.41) is 27.5. The van der Waals surface area contributed by atoms with Gasteiger partial charge in [-0.15, -0.1) is 0 Å². The Balaban J connectivity index is 0.000000529. The molecule has 51 heavy (non-hydrogen) atoms. The number of carbonyl (C=O) groups excluding carboxylic acids is 1. The summed E-state index contributed by atoms with van der Waals surface area (Å²) in [5.74, 6) is -3.59. The van der Waals surface area contributed by atoms with Crippen molar-refractivity contribution in [3.63, 3.8) is 0 Å². The third-order valence-corrected chi connectivity index (χ3v) is 11.4. The number of Topliss-reactive ketones (excluding diaryl/α,β-unsaturated/α-hetero) is 1. The predicted molar refractivity (Wildman–Crippen MR) is 170 cm³/mol. The molecule has 9 nitrogen and oxygen atoms in total. The van der Waals surface area contributed by atoms with Gasteiger partial charge in [-0.3, -0.25) is 25.4 Å². The van der Waals surface area contributed by atoms with E-state index in [1.807, 2.05) is 22.4 Å². The molecule has 0 amide bonds. The van der Waals surface area contributed by atoms with E-state index < -0.39 is 35.4 Å². The Bertz CT molecular complexity index is 1570. The summed E-state index contributed by atoms with van der Waals surface area (Å²) in [7, 11) is 0. The lowest BCUT2D eigenvalue weighted by Crippen LogP contribution is -2.43. The summed E-state index contributed by atoms with van der Waals surface area (Å²) < 4.78 is 87.8. The molecule has 2 aliphatic carbocycles. The zero-order valence-electron chi connectivity index (χ0n) is 27.2. The van der Waals surface area contributed by atoms with Crippen LogP contribution in [-0.2, 0) is 9.59 Å². The highest BCUT2D eigenvalue weighted by Crippen LogP contribution is 2.50. The number of carbonyl (C=O) groups is 2. The minimum atomic E-state index is -5.08. The lowest BCUT2D eigenvalue weighted by atomic mass is 9.88. The number of aliphatic carboxylic acids is 1. The highest BCUT2D eigenvalue weighted by molar-refractivity contribution is 5.84. The number of hydrogen-bond donors (Lipinski definition) is 3. The number of hydrazone groups is 2. The summed E-state index contributed by atoms with van der Waals surface area (Å²) >= 11 is 0. The molecule has 4 aliphatic heterocycles. The molecule has 6 aliphatic rings. The van der Waals surface area contributed by atoms with E-state index in [1.165, 1.54) is 24.3 Å². The fraction of sp³-hybridized carbons (Fsp3) is 0.543. The van der Waals surface area contributed by atoms with Gasteiger partial charge in [-0.1, -0.05) is 0 Å². The highest BCUT2D eigenvalue weighted by Gasteiger charge is 2.53. The molecule has 6 unspecified atom stereocenters. The van der Waals surface area contributed by atoms with Gasteiger partial charge in [-0.05, 0) is 84.7 Å². The molecule has 4 fully saturated rings.